The van der Waals surface area contributed by atoms with Gasteiger partial charge < -0.3 is 14.6 Å². The first-order valence-electron chi connectivity index (χ1n) is 6.89. The Labute approximate surface area is 119 Å². The predicted octanol–water partition coefficient (Wildman–Crippen LogP) is 2.27. The Morgan fingerprint density at radius 3 is 2.80 bits per heavy atom. The molecule has 1 heterocycles. The van der Waals surface area contributed by atoms with Gasteiger partial charge >= 0.3 is 0 Å². The smallest absolute Gasteiger partial charge is 0.226 e. The highest BCUT2D eigenvalue weighted by Crippen LogP contribution is 2.26. The molecule has 1 N–H and O–H groups in total. The molecule has 1 aromatic heterocycles. The largest absolute Gasteiger partial charge is 0.464 e. The van der Waals surface area contributed by atoms with E-state index >= 15 is 0 Å². The summed E-state index contributed by atoms with van der Waals surface area (Å²) in [7, 11) is 3.71. The van der Waals surface area contributed by atoms with E-state index in [1.165, 1.54) is 5.56 Å². The van der Waals surface area contributed by atoms with Crippen LogP contribution in [0.1, 0.15) is 16.7 Å². The summed E-state index contributed by atoms with van der Waals surface area (Å²) in [6.45, 7) is 5.62. The van der Waals surface area contributed by atoms with Crippen LogP contribution in [0.5, 0.6) is 0 Å². The van der Waals surface area contributed by atoms with Crippen molar-refractivity contribution in [2.75, 3.05) is 27.2 Å². The number of hydrogen-bond donors (Lipinski definition) is 1. The van der Waals surface area contributed by atoms with Crippen molar-refractivity contribution in [3.63, 3.8) is 0 Å². The summed E-state index contributed by atoms with van der Waals surface area (Å²) < 4.78 is 5.64. The monoisotopic (exact) mass is 274 g/mol. The second-order valence-corrected chi connectivity index (χ2v) is 5.24. The number of hydrogen-bond acceptors (Lipinski definition) is 3. The molecule has 2 rings (SSSR count). The van der Waals surface area contributed by atoms with E-state index < -0.39 is 0 Å². The molecule has 0 aliphatic carbocycles. The maximum Gasteiger partial charge on any atom is 0.226 e. The summed E-state index contributed by atoms with van der Waals surface area (Å²) in [5.74, 6) is 0.112. The fourth-order valence-electron chi connectivity index (χ4n) is 2.23. The lowest BCUT2D eigenvalue weighted by Crippen LogP contribution is -2.33. The molecule has 4 heteroatoms. The minimum atomic E-state index is 0.112. The first-order valence-corrected chi connectivity index (χ1v) is 6.89. The summed E-state index contributed by atoms with van der Waals surface area (Å²) in [5.41, 5.74) is 4.20. The Morgan fingerprint density at radius 1 is 1.35 bits per heavy atom. The Morgan fingerprint density at radius 2 is 2.10 bits per heavy atom. The summed E-state index contributed by atoms with van der Waals surface area (Å²) in [4.78, 5) is 13.9. The number of carbonyl (C=O) groups excluding carboxylic acids is 1. The van der Waals surface area contributed by atoms with Gasteiger partial charge in [-0.05, 0) is 32.0 Å². The number of amides is 1. The third kappa shape index (κ3) is 2.85. The van der Waals surface area contributed by atoms with Gasteiger partial charge in [-0.15, -0.1) is 0 Å². The van der Waals surface area contributed by atoms with E-state index in [4.69, 9.17) is 4.42 Å². The van der Waals surface area contributed by atoms with Crippen molar-refractivity contribution in [2.45, 2.75) is 20.3 Å². The molecule has 0 fully saturated rings. The van der Waals surface area contributed by atoms with E-state index in [9.17, 15) is 4.79 Å². The molecule has 0 radical (unpaired) electrons. The van der Waals surface area contributed by atoms with Crippen LogP contribution in [0.15, 0.2) is 22.8 Å². The Bertz CT molecular complexity index is 616. The van der Waals surface area contributed by atoms with Crippen molar-refractivity contribution in [1.82, 2.24) is 10.2 Å². The minimum absolute atomic E-state index is 0.112. The fourth-order valence-corrected chi connectivity index (χ4v) is 2.23. The fraction of sp³-hybridized carbons (Fsp3) is 0.438. The van der Waals surface area contributed by atoms with Crippen LogP contribution in [0.25, 0.3) is 11.0 Å². The number of benzene rings is 1. The van der Waals surface area contributed by atoms with Crippen molar-refractivity contribution in [1.29, 1.82) is 0 Å². The van der Waals surface area contributed by atoms with Gasteiger partial charge in [-0.3, -0.25) is 4.79 Å². The number of furan rings is 1. The molecule has 4 nitrogen and oxygen atoms in total. The van der Waals surface area contributed by atoms with Crippen LogP contribution in [-0.2, 0) is 11.2 Å². The van der Waals surface area contributed by atoms with Gasteiger partial charge in [0.1, 0.15) is 5.58 Å². The molecule has 0 unspecified atom stereocenters. The van der Waals surface area contributed by atoms with E-state index in [0.29, 0.717) is 13.0 Å². The van der Waals surface area contributed by atoms with Crippen molar-refractivity contribution in [3.8, 4) is 0 Å². The third-order valence-electron chi connectivity index (χ3n) is 3.81. The second-order valence-electron chi connectivity index (χ2n) is 5.24. The van der Waals surface area contributed by atoms with Crippen molar-refractivity contribution >= 4 is 16.9 Å². The van der Waals surface area contributed by atoms with E-state index in [-0.39, 0.29) is 5.91 Å². The van der Waals surface area contributed by atoms with E-state index in [0.717, 1.165) is 28.6 Å². The molecule has 0 saturated carbocycles. The number of rotatable bonds is 5. The lowest BCUT2D eigenvalue weighted by atomic mass is 10.0. The van der Waals surface area contributed by atoms with Gasteiger partial charge in [-0.2, -0.15) is 0 Å². The van der Waals surface area contributed by atoms with E-state index in [1.54, 1.807) is 11.2 Å². The van der Waals surface area contributed by atoms with Crippen LogP contribution in [0.3, 0.4) is 0 Å². The number of fused-ring (bicyclic) bond motifs is 1. The molecule has 0 saturated heterocycles. The molecule has 1 amide bonds. The zero-order valence-electron chi connectivity index (χ0n) is 12.6. The molecule has 0 bridgehead atoms. The molecule has 0 spiro atoms. The van der Waals surface area contributed by atoms with Gasteiger partial charge in [0.05, 0.1) is 12.7 Å². The maximum absolute atomic E-state index is 12.2. The normalized spacial score (nSPS) is 11.0. The van der Waals surface area contributed by atoms with Crippen LogP contribution < -0.4 is 5.32 Å². The average molecular weight is 274 g/mol. The number of likely N-dealkylation sites (N-methyl/N-ethyl adjacent to an activating group) is 2. The molecule has 1 aromatic carbocycles. The molecule has 20 heavy (non-hydrogen) atoms. The number of nitrogens with one attached hydrogen (secondary N) is 1. The number of nitrogens with zero attached hydrogens (tertiary/aromatic N) is 1. The zero-order chi connectivity index (χ0) is 14.7. The van der Waals surface area contributed by atoms with Crippen LogP contribution in [0.4, 0.5) is 0 Å². The molecule has 2 aromatic rings. The highest BCUT2D eigenvalue weighted by molar-refractivity contribution is 5.89. The Balaban J connectivity index is 2.18. The van der Waals surface area contributed by atoms with Gasteiger partial charge in [0.2, 0.25) is 5.91 Å². The maximum atomic E-state index is 12.2. The number of carbonyl (C=O) groups is 1. The number of aryl methyl sites for hydroxylation is 2. The van der Waals surface area contributed by atoms with E-state index in [2.05, 4.69) is 18.3 Å². The average Bonchev–Trinajstić information content (AvgIpc) is 2.84. The Kier molecular flexibility index (Phi) is 4.45. The molecule has 108 valence electrons. The van der Waals surface area contributed by atoms with Crippen molar-refractivity contribution in [2.24, 2.45) is 0 Å². The molecule has 0 aliphatic rings. The van der Waals surface area contributed by atoms with Crippen LogP contribution in [-0.4, -0.2) is 38.0 Å². The molecule has 0 aliphatic heterocycles. The second kappa shape index (κ2) is 6.09. The van der Waals surface area contributed by atoms with Crippen molar-refractivity contribution < 1.29 is 9.21 Å². The van der Waals surface area contributed by atoms with Crippen LogP contribution >= 0.6 is 0 Å². The zero-order valence-corrected chi connectivity index (χ0v) is 12.6. The van der Waals surface area contributed by atoms with Gasteiger partial charge in [0, 0.05) is 31.1 Å². The summed E-state index contributed by atoms with van der Waals surface area (Å²) in [5, 5.41) is 4.09. The van der Waals surface area contributed by atoms with E-state index in [1.807, 2.05) is 27.1 Å². The third-order valence-corrected chi connectivity index (χ3v) is 3.81. The van der Waals surface area contributed by atoms with Crippen molar-refractivity contribution in [3.05, 3.63) is 35.1 Å². The topological polar surface area (TPSA) is 45.5 Å². The first kappa shape index (κ1) is 14.6. The van der Waals surface area contributed by atoms with Gasteiger partial charge in [0.25, 0.3) is 0 Å². The van der Waals surface area contributed by atoms with Crippen LogP contribution in [0.2, 0.25) is 0 Å². The SMILES string of the molecule is CNCCN(C)C(=O)Cc1coc2c(C)c(C)ccc12. The standard InChI is InChI=1S/C16H22N2O2/c1-11-5-6-14-13(10-20-16(14)12(11)2)9-15(19)18(4)8-7-17-3/h5-6,10,17H,7-9H2,1-4H3. The first-order chi connectivity index (χ1) is 9.54. The highest BCUT2D eigenvalue weighted by atomic mass is 16.3. The lowest BCUT2D eigenvalue weighted by molar-refractivity contribution is -0.129. The summed E-state index contributed by atoms with van der Waals surface area (Å²) in [6, 6.07) is 4.11. The van der Waals surface area contributed by atoms with Gasteiger partial charge in [-0.1, -0.05) is 12.1 Å². The highest BCUT2D eigenvalue weighted by Gasteiger charge is 2.15. The lowest BCUT2D eigenvalue weighted by Gasteiger charge is -2.16. The predicted molar refractivity (Wildman–Crippen MR) is 81.0 cm³/mol. The molecular weight excluding hydrogens is 252 g/mol. The quantitative estimate of drug-likeness (QED) is 0.909. The Hall–Kier alpha value is -1.81. The minimum Gasteiger partial charge on any atom is -0.464 e. The molecule has 0 atom stereocenters. The summed E-state index contributed by atoms with van der Waals surface area (Å²) in [6.07, 6.45) is 2.09. The molecular formula is C16H22N2O2. The van der Waals surface area contributed by atoms with Crippen LogP contribution in [0, 0.1) is 13.8 Å². The van der Waals surface area contributed by atoms with Gasteiger partial charge in [0.15, 0.2) is 0 Å². The summed E-state index contributed by atoms with van der Waals surface area (Å²) >= 11 is 0. The van der Waals surface area contributed by atoms with Gasteiger partial charge in [-0.25, -0.2) is 0 Å².